The summed E-state index contributed by atoms with van der Waals surface area (Å²) < 4.78 is 47.9. The quantitative estimate of drug-likeness (QED) is 0.829. The first-order valence-electron chi connectivity index (χ1n) is 5.25. The number of rotatable bonds is 3. The minimum absolute atomic E-state index is 0.0665. The summed E-state index contributed by atoms with van der Waals surface area (Å²) in [6, 6.07) is 1.09. The van der Waals surface area contributed by atoms with Crippen LogP contribution in [0.2, 0.25) is 0 Å². The number of carbonyl (C=O) groups is 1. The van der Waals surface area contributed by atoms with E-state index in [1.807, 2.05) is 0 Å². The van der Waals surface area contributed by atoms with Crippen LogP contribution in [0.1, 0.15) is 9.67 Å². The largest absolute Gasteiger partial charge is 0.477 e. The van der Waals surface area contributed by atoms with Gasteiger partial charge in [-0.1, -0.05) is 0 Å². The SMILES string of the molecule is O=C(O)c1cc(S(=O)(=O)N2CCS(=O)(=O)CC2)cs1. The molecule has 2 rings (SSSR count). The molecule has 1 aromatic rings. The van der Waals surface area contributed by atoms with Gasteiger partial charge in [0.25, 0.3) is 0 Å². The molecule has 1 aliphatic rings. The molecule has 0 radical (unpaired) electrons. The van der Waals surface area contributed by atoms with Gasteiger partial charge in [0.15, 0.2) is 9.84 Å². The Labute approximate surface area is 114 Å². The topological polar surface area (TPSA) is 109 Å². The second-order valence-electron chi connectivity index (χ2n) is 4.01. The maximum Gasteiger partial charge on any atom is 0.345 e. The Morgan fingerprint density at radius 1 is 1.32 bits per heavy atom. The van der Waals surface area contributed by atoms with Gasteiger partial charge >= 0.3 is 5.97 Å². The van der Waals surface area contributed by atoms with E-state index in [9.17, 15) is 21.6 Å². The van der Waals surface area contributed by atoms with Gasteiger partial charge in [0.1, 0.15) is 4.88 Å². The minimum atomic E-state index is -3.81. The molecule has 0 bridgehead atoms. The van der Waals surface area contributed by atoms with E-state index >= 15 is 0 Å². The lowest BCUT2D eigenvalue weighted by atomic mass is 10.5. The number of sulfonamides is 1. The van der Waals surface area contributed by atoms with E-state index in [-0.39, 0.29) is 34.4 Å². The Hall–Kier alpha value is -0.970. The first-order chi connectivity index (χ1) is 8.72. The highest BCUT2D eigenvalue weighted by Crippen LogP contribution is 2.23. The van der Waals surface area contributed by atoms with Crippen LogP contribution in [0.4, 0.5) is 0 Å². The zero-order valence-corrected chi connectivity index (χ0v) is 12.1. The van der Waals surface area contributed by atoms with Crippen molar-refractivity contribution < 1.29 is 26.7 Å². The average molecular weight is 325 g/mol. The van der Waals surface area contributed by atoms with E-state index in [0.717, 1.165) is 21.7 Å². The molecule has 0 atom stereocenters. The minimum Gasteiger partial charge on any atom is -0.477 e. The monoisotopic (exact) mass is 325 g/mol. The molecule has 1 fully saturated rings. The van der Waals surface area contributed by atoms with Gasteiger partial charge in [-0.2, -0.15) is 4.31 Å². The van der Waals surface area contributed by atoms with Crippen LogP contribution < -0.4 is 0 Å². The van der Waals surface area contributed by atoms with E-state index in [0.29, 0.717) is 0 Å². The van der Waals surface area contributed by atoms with Crippen molar-refractivity contribution in [2.24, 2.45) is 0 Å². The molecule has 1 saturated heterocycles. The molecule has 0 unspecified atom stereocenters. The second-order valence-corrected chi connectivity index (χ2v) is 9.16. The Bertz CT molecular complexity index is 688. The molecule has 0 amide bonds. The lowest BCUT2D eigenvalue weighted by Gasteiger charge is -2.25. The summed E-state index contributed by atoms with van der Waals surface area (Å²) in [5, 5.41) is 10.0. The molecule has 2 heterocycles. The van der Waals surface area contributed by atoms with Crippen molar-refractivity contribution in [3.05, 3.63) is 16.3 Å². The first-order valence-corrected chi connectivity index (χ1v) is 9.39. The molecule has 19 heavy (non-hydrogen) atoms. The van der Waals surface area contributed by atoms with Gasteiger partial charge in [0.2, 0.25) is 10.0 Å². The average Bonchev–Trinajstić information content (AvgIpc) is 2.78. The Morgan fingerprint density at radius 3 is 2.37 bits per heavy atom. The van der Waals surface area contributed by atoms with Crippen LogP contribution in [0.15, 0.2) is 16.3 Å². The first kappa shape index (κ1) is 14.4. The predicted octanol–water partition coefficient (Wildman–Crippen LogP) is -0.135. The highest BCUT2D eigenvalue weighted by molar-refractivity contribution is 7.92. The third kappa shape index (κ3) is 2.96. The van der Waals surface area contributed by atoms with Gasteiger partial charge in [0, 0.05) is 18.5 Å². The van der Waals surface area contributed by atoms with Crippen LogP contribution in [0, 0.1) is 0 Å². The summed E-state index contributed by atoms with van der Waals surface area (Å²) >= 11 is 0.825. The number of thiophene rings is 1. The maximum absolute atomic E-state index is 12.2. The fraction of sp³-hybridized carbons (Fsp3) is 0.444. The molecule has 0 saturated carbocycles. The van der Waals surface area contributed by atoms with Crippen molar-refractivity contribution in [3.63, 3.8) is 0 Å². The number of hydrogen-bond donors (Lipinski definition) is 1. The number of nitrogens with zero attached hydrogens (tertiary/aromatic N) is 1. The number of aromatic carboxylic acids is 1. The standard InChI is InChI=1S/C9H11NO6S3/c11-9(12)8-5-7(6-17-8)19(15,16)10-1-3-18(13,14)4-2-10/h5-6H,1-4H2,(H,11,12). The van der Waals surface area contributed by atoms with E-state index in [2.05, 4.69) is 0 Å². The lowest BCUT2D eigenvalue weighted by Crippen LogP contribution is -2.43. The van der Waals surface area contributed by atoms with Crippen LogP contribution in [-0.4, -0.2) is 56.8 Å². The van der Waals surface area contributed by atoms with Crippen molar-refractivity contribution in [3.8, 4) is 0 Å². The molecule has 0 aliphatic carbocycles. The van der Waals surface area contributed by atoms with Crippen molar-refractivity contribution in [2.75, 3.05) is 24.6 Å². The molecule has 10 heteroatoms. The van der Waals surface area contributed by atoms with Gasteiger partial charge in [-0.3, -0.25) is 0 Å². The number of sulfone groups is 1. The van der Waals surface area contributed by atoms with Crippen molar-refractivity contribution in [2.45, 2.75) is 4.90 Å². The smallest absolute Gasteiger partial charge is 0.345 e. The summed E-state index contributed by atoms with van der Waals surface area (Å²) in [6.07, 6.45) is 0. The fourth-order valence-electron chi connectivity index (χ4n) is 1.65. The van der Waals surface area contributed by atoms with Crippen LogP contribution in [-0.2, 0) is 19.9 Å². The van der Waals surface area contributed by atoms with Gasteiger partial charge < -0.3 is 5.11 Å². The molecular formula is C9H11NO6S3. The molecule has 106 valence electrons. The molecular weight excluding hydrogens is 314 g/mol. The van der Waals surface area contributed by atoms with Gasteiger partial charge in [-0.25, -0.2) is 21.6 Å². The van der Waals surface area contributed by atoms with Crippen LogP contribution in [0.25, 0.3) is 0 Å². The third-order valence-electron chi connectivity index (χ3n) is 2.73. The van der Waals surface area contributed by atoms with Crippen LogP contribution in [0.3, 0.4) is 0 Å². The normalized spacial score (nSPS) is 20.2. The van der Waals surface area contributed by atoms with Crippen molar-refractivity contribution >= 4 is 37.2 Å². The highest BCUT2D eigenvalue weighted by atomic mass is 32.2. The molecule has 0 spiro atoms. The van der Waals surface area contributed by atoms with E-state index in [1.165, 1.54) is 5.38 Å². The third-order valence-corrected chi connectivity index (χ3v) is 7.28. The van der Waals surface area contributed by atoms with Crippen molar-refractivity contribution in [1.82, 2.24) is 4.31 Å². The van der Waals surface area contributed by atoms with Gasteiger partial charge in [-0.05, 0) is 6.07 Å². The summed E-state index contributed by atoms with van der Waals surface area (Å²) in [7, 11) is -6.97. The molecule has 1 N–H and O–H groups in total. The Kier molecular flexibility index (Phi) is 3.69. The zero-order chi connectivity index (χ0) is 14.3. The Morgan fingerprint density at radius 2 is 1.89 bits per heavy atom. The van der Waals surface area contributed by atoms with E-state index in [4.69, 9.17) is 5.11 Å². The predicted molar refractivity (Wildman–Crippen MR) is 68.7 cm³/mol. The van der Waals surface area contributed by atoms with Crippen LogP contribution >= 0.6 is 11.3 Å². The summed E-state index contributed by atoms with van der Waals surface area (Å²) in [6.45, 7) is -0.189. The number of carboxylic acids is 1. The van der Waals surface area contributed by atoms with Crippen LogP contribution in [0.5, 0.6) is 0 Å². The van der Waals surface area contributed by atoms with Gasteiger partial charge in [-0.15, -0.1) is 11.3 Å². The number of carboxylic acid groups (broad SMARTS) is 1. The summed E-state index contributed by atoms with van der Waals surface area (Å²) in [5.74, 6) is -1.60. The zero-order valence-electron chi connectivity index (χ0n) is 9.64. The van der Waals surface area contributed by atoms with E-state index in [1.54, 1.807) is 0 Å². The Balaban J connectivity index is 2.25. The molecule has 1 aromatic heterocycles. The molecule has 7 nitrogen and oxygen atoms in total. The maximum atomic E-state index is 12.2. The highest BCUT2D eigenvalue weighted by Gasteiger charge is 2.32. The lowest BCUT2D eigenvalue weighted by molar-refractivity contribution is 0.0702. The molecule has 0 aromatic carbocycles. The van der Waals surface area contributed by atoms with Crippen molar-refractivity contribution in [1.29, 1.82) is 0 Å². The van der Waals surface area contributed by atoms with Gasteiger partial charge in [0.05, 0.1) is 16.4 Å². The fourth-order valence-corrected chi connectivity index (χ4v) is 5.62. The summed E-state index contributed by atoms with van der Waals surface area (Å²) in [4.78, 5) is 10.6. The summed E-state index contributed by atoms with van der Waals surface area (Å²) in [5.41, 5.74) is 0. The second kappa shape index (κ2) is 4.85. The van der Waals surface area contributed by atoms with E-state index < -0.39 is 25.8 Å². The molecule has 1 aliphatic heterocycles. The number of hydrogen-bond acceptors (Lipinski definition) is 6.